The van der Waals surface area contributed by atoms with E-state index in [2.05, 4.69) is 43.9 Å². The topological polar surface area (TPSA) is 77.0 Å². The summed E-state index contributed by atoms with van der Waals surface area (Å²) in [6.07, 6.45) is 4.52. The van der Waals surface area contributed by atoms with Crippen molar-refractivity contribution in [2.45, 2.75) is 26.3 Å². The zero-order valence-electron chi connectivity index (χ0n) is 15.6. The first-order valence-corrected chi connectivity index (χ1v) is 8.79. The molecule has 1 fully saturated rings. The fourth-order valence-electron chi connectivity index (χ4n) is 2.42. The number of nitrogens with zero attached hydrogens (tertiary/aromatic N) is 6. The third-order valence-corrected chi connectivity index (χ3v) is 4.26. The summed E-state index contributed by atoms with van der Waals surface area (Å²) in [6, 6.07) is 2.13. The number of nitrogens with one attached hydrogen (secondary N) is 1. The molecule has 1 unspecified atom stereocenters. The molecule has 1 amide bonds. The van der Waals surface area contributed by atoms with Crippen LogP contribution in [0, 0.1) is 0 Å². The number of amides is 1. The van der Waals surface area contributed by atoms with Crippen LogP contribution in [0.4, 0.5) is 5.95 Å². The van der Waals surface area contributed by atoms with Crippen molar-refractivity contribution >= 4 is 17.8 Å². The monoisotopic (exact) mass is 347 g/mol. The lowest BCUT2D eigenvalue weighted by atomic mass is 10.2. The number of anilines is 1. The number of carbonyl (C=O) groups excluding carboxylic acids is 1. The van der Waals surface area contributed by atoms with Gasteiger partial charge in [0.05, 0.1) is 0 Å². The average Bonchev–Trinajstić information content (AvgIpc) is 2.65. The van der Waals surface area contributed by atoms with Crippen LogP contribution in [-0.2, 0) is 4.79 Å². The number of likely N-dealkylation sites (N-methyl/N-ethyl adjacent to an activating group) is 1. The van der Waals surface area contributed by atoms with Crippen LogP contribution >= 0.6 is 0 Å². The van der Waals surface area contributed by atoms with E-state index < -0.39 is 0 Å². The highest BCUT2D eigenvalue weighted by molar-refractivity contribution is 5.85. The molecule has 2 rings (SSSR count). The highest BCUT2D eigenvalue weighted by Gasteiger charge is 2.22. The van der Waals surface area contributed by atoms with E-state index in [1.807, 2.05) is 6.07 Å². The largest absolute Gasteiger partial charge is 0.354 e. The lowest BCUT2D eigenvalue weighted by molar-refractivity contribution is -0.127. The predicted molar refractivity (Wildman–Crippen MR) is 99.7 cm³/mol. The maximum atomic E-state index is 11.9. The van der Waals surface area contributed by atoms with Crippen LogP contribution < -0.4 is 10.2 Å². The molecule has 8 nitrogen and oxygen atoms in total. The van der Waals surface area contributed by atoms with Crippen molar-refractivity contribution in [2.75, 3.05) is 51.7 Å². The first-order valence-electron chi connectivity index (χ1n) is 8.79. The number of carbonyl (C=O) groups is 1. The summed E-state index contributed by atoms with van der Waals surface area (Å²) in [6.45, 7) is 7.70. The van der Waals surface area contributed by atoms with E-state index in [1.54, 1.807) is 31.4 Å². The molecule has 2 heterocycles. The smallest absolute Gasteiger partial charge is 0.243 e. The summed E-state index contributed by atoms with van der Waals surface area (Å²) in [5, 5.41) is 3.44. The molecule has 1 N–H and O–H groups in total. The Labute approximate surface area is 149 Å². The molecule has 0 spiro atoms. The van der Waals surface area contributed by atoms with Crippen molar-refractivity contribution in [3.8, 4) is 0 Å². The summed E-state index contributed by atoms with van der Waals surface area (Å²) in [5.41, 5.74) is 0. The zero-order chi connectivity index (χ0) is 18.2. The Morgan fingerprint density at radius 1 is 1.28 bits per heavy atom. The van der Waals surface area contributed by atoms with Gasteiger partial charge in [0, 0.05) is 58.7 Å². The molecule has 1 aliphatic rings. The van der Waals surface area contributed by atoms with E-state index in [1.165, 1.54) is 0 Å². The first kappa shape index (κ1) is 19.0. The average molecular weight is 347 g/mol. The van der Waals surface area contributed by atoms with Crippen LogP contribution in [0.2, 0.25) is 0 Å². The Bertz CT molecular complexity index is 568. The van der Waals surface area contributed by atoms with E-state index in [0.717, 1.165) is 44.5 Å². The number of guanidine groups is 1. The molecule has 0 bridgehead atoms. The number of rotatable bonds is 5. The highest BCUT2D eigenvalue weighted by atomic mass is 16.2. The van der Waals surface area contributed by atoms with E-state index in [0.29, 0.717) is 6.04 Å². The molecule has 1 atom stereocenters. The number of aliphatic imine (C=N–C) groups is 1. The molecule has 25 heavy (non-hydrogen) atoms. The maximum absolute atomic E-state index is 11.9. The van der Waals surface area contributed by atoms with Crippen molar-refractivity contribution in [3.05, 3.63) is 18.5 Å². The molecule has 1 saturated heterocycles. The standard InChI is InChI=1S/C17H29N7O/c1-5-14(2)21-17(20-13-15(25)22(3)4)24-11-9-23(10-12-24)16-18-7-6-8-19-16/h6-8,14H,5,9-13H2,1-4H3,(H,20,21). The minimum absolute atomic E-state index is 0.000210. The van der Waals surface area contributed by atoms with E-state index in [-0.39, 0.29) is 12.5 Å². The summed E-state index contributed by atoms with van der Waals surface area (Å²) in [4.78, 5) is 31.0. The van der Waals surface area contributed by atoms with Gasteiger partial charge in [0.2, 0.25) is 11.9 Å². The van der Waals surface area contributed by atoms with Crippen LogP contribution in [0.15, 0.2) is 23.5 Å². The fraction of sp³-hybridized carbons (Fsp3) is 0.647. The normalized spacial score (nSPS) is 16.6. The fourth-order valence-corrected chi connectivity index (χ4v) is 2.42. The predicted octanol–water partition coefficient (Wildman–Crippen LogP) is 0.431. The Morgan fingerprint density at radius 3 is 2.48 bits per heavy atom. The molecule has 0 saturated carbocycles. The number of hydrogen-bond donors (Lipinski definition) is 1. The molecular formula is C17H29N7O. The molecule has 0 aromatic carbocycles. The third-order valence-electron chi connectivity index (χ3n) is 4.26. The van der Waals surface area contributed by atoms with E-state index in [4.69, 9.17) is 0 Å². The summed E-state index contributed by atoms with van der Waals surface area (Å²) in [5.74, 6) is 1.57. The van der Waals surface area contributed by atoms with Crippen LogP contribution in [-0.4, -0.2) is 84.5 Å². The van der Waals surface area contributed by atoms with E-state index in [9.17, 15) is 4.79 Å². The van der Waals surface area contributed by atoms with Crippen LogP contribution in [0.25, 0.3) is 0 Å². The van der Waals surface area contributed by atoms with Crippen molar-refractivity contribution < 1.29 is 4.79 Å². The van der Waals surface area contributed by atoms with Gasteiger partial charge in [-0.1, -0.05) is 6.92 Å². The molecular weight excluding hydrogens is 318 g/mol. The lowest BCUT2D eigenvalue weighted by Crippen LogP contribution is -2.54. The number of aromatic nitrogens is 2. The highest BCUT2D eigenvalue weighted by Crippen LogP contribution is 2.10. The van der Waals surface area contributed by atoms with Crippen LogP contribution in [0.5, 0.6) is 0 Å². The number of piperazine rings is 1. The molecule has 0 aliphatic carbocycles. The quantitative estimate of drug-likeness (QED) is 0.615. The van der Waals surface area contributed by atoms with Crippen LogP contribution in [0.1, 0.15) is 20.3 Å². The first-order chi connectivity index (χ1) is 12.0. The number of hydrogen-bond acceptors (Lipinski definition) is 5. The third kappa shape index (κ3) is 5.58. The lowest BCUT2D eigenvalue weighted by Gasteiger charge is -2.37. The van der Waals surface area contributed by atoms with Crippen molar-refractivity contribution in [1.82, 2.24) is 25.1 Å². The minimum Gasteiger partial charge on any atom is -0.354 e. The summed E-state index contributed by atoms with van der Waals surface area (Å²) < 4.78 is 0. The molecule has 1 aromatic rings. The Kier molecular flexibility index (Phi) is 6.97. The SMILES string of the molecule is CCC(C)NC(=NCC(=O)N(C)C)N1CCN(c2ncccn2)CC1. The van der Waals surface area contributed by atoms with Gasteiger partial charge in [-0.05, 0) is 19.4 Å². The maximum Gasteiger partial charge on any atom is 0.243 e. The molecule has 1 aromatic heterocycles. The van der Waals surface area contributed by atoms with Gasteiger partial charge in [0.15, 0.2) is 5.96 Å². The molecule has 0 radical (unpaired) electrons. The minimum atomic E-state index is -0.000210. The second-order valence-corrected chi connectivity index (χ2v) is 6.40. The van der Waals surface area contributed by atoms with Gasteiger partial charge in [-0.15, -0.1) is 0 Å². The zero-order valence-corrected chi connectivity index (χ0v) is 15.6. The second kappa shape index (κ2) is 9.19. The Balaban J connectivity index is 2.00. The molecule has 8 heteroatoms. The van der Waals surface area contributed by atoms with Crippen molar-refractivity contribution in [3.63, 3.8) is 0 Å². The van der Waals surface area contributed by atoms with Crippen molar-refractivity contribution in [1.29, 1.82) is 0 Å². The molecule has 138 valence electrons. The Hall–Kier alpha value is -2.38. The van der Waals surface area contributed by atoms with E-state index >= 15 is 0 Å². The summed E-state index contributed by atoms with van der Waals surface area (Å²) in [7, 11) is 3.50. The Morgan fingerprint density at radius 2 is 1.92 bits per heavy atom. The van der Waals surface area contributed by atoms with Gasteiger partial charge >= 0.3 is 0 Å². The van der Waals surface area contributed by atoms with Gasteiger partial charge in [-0.25, -0.2) is 15.0 Å². The van der Waals surface area contributed by atoms with Crippen molar-refractivity contribution in [2.24, 2.45) is 4.99 Å². The van der Waals surface area contributed by atoms with Gasteiger partial charge in [-0.2, -0.15) is 0 Å². The van der Waals surface area contributed by atoms with Crippen LogP contribution in [0.3, 0.4) is 0 Å². The van der Waals surface area contributed by atoms with Gasteiger partial charge < -0.3 is 20.0 Å². The second-order valence-electron chi connectivity index (χ2n) is 6.40. The van der Waals surface area contributed by atoms with Gasteiger partial charge in [-0.3, -0.25) is 4.79 Å². The molecule has 1 aliphatic heterocycles. The van der Waals surface area contributed by atoms with Gasteiger partial charge in [0.25, 0.3) is 0 Å². The van der Waals surface area contributed by atoms with Gasteiger partial charge in [0.1, 0.15) is 6.54 Å². The summed E-state index contributed by atoms with van der Waals surface area (Å²) >= 11 is 0.